The van der Waals surface area contributed by atoms with Gasteiger partial charge in [0.2, 0.25) is 0 Å². The molecule has 2 aliphatic rings. The molecule has 0 aromatic carbocycles. The van der Waals surface area contributed by atoms with Crippen LogP contribution in [0.5, 0.6) is 5.75 Å². The number of aromatic nitrogens is 5. The lowest BCUT2D eigenvalue weighted by atomic mass is 10.3. The lowest BCUT2D eigenvalue weighted by Gasteiger charge is -2.16. The third-order valence-corrected chi connectivity index (χ3v) is 5.13. The number of hydrogen-bond acceptors (Lipinski definition) is 7. The summed E-state index contributed by atoms with van der Waals surface area (Å²) >= 11 is 0. The number of carbonyl (C=O) groups is 1. The number of pyridine rings is 1. The Bertz CT molecular complexity index is 1070. The van der Waals surface area contributed by atoms with Crippen LogP contribution in [0.3, 0.4) is 0 Å². The SMILES string of the molecule is COc1cncc(N2Cc3nn(-c4cnc(N5CC[C@H](F)C5)cn4)cc3C2=O)c1. The Morgan fingerprint density at radius 1 is 1.17 bits per heavy atom. The Labute approximate surface area is 165 Å². The number of rotatable bonds is 4. The van der Waals surface area contributed by atoms with Gasteiger partial charge in [-0.25, -0.2) is 19.0 Å². The molecule has 1 atom stereocenters. The van der Waals surface area contributed by atoms with Crippen LogP contribution in [0.25, 0.3) is 5.82 Å². The average molecular weight is 395 g/mol. The van der Waals surface area contributed by atoms with Crippen LogP contribution >= 0.6 is 0 Å². The summed E-state index contributed by atoms with van der Waals surface area (Å²) in [5.74, 6) is 1.57. The van der Waals surface area contributed by atoms with Crippen molar-refractivity contribution >= 4 is 17.4 Å². The summed E-state index contributed by atoms with van der Waals surface area (Å²) in [6.45, 7) is 1.31. The van der Waals surface area contributed by atoms with Gasteiger partial charge in [-0.15, -0.1) is 0 Å². The molecule has 0 bridgehead atoms. The molecule has 0 unspecified atom stereocenters. The van der Waals surface area contributed by atoms with Crippen molar-refractivity contribution in [2.24, 2.45) is 0 Å². The van der Waals surface area contributed by atoms with E-state index in [0.717, 1.165) is 0 Å². The molecule has 3 aromatic heterocycles. The first kappa shape index (κ1) is 17.5. The fourth-order valence-corrected chi connectivity index (χ4v) is 3.59. The van der Waals surface area contributed by atoms with E-state index in [-0.39, 0.29) is 5.91 Å². The van der Waals surface area contributed by atoms with Crippen molar-refractivity contribution in [2.45, 2.75) is 19.1 Å². The predicted molar refractivity (Wildman–Crippen MR) is 102 cm³/mol. The zero-order valence-corrected chi connectivity index (χ0v) is 15.7. The third-order valence-electron chi connectivity index (χ3n) is 5.13. The number of hydrogen-bond donors (Lipinski definition) is 0. The van der Waals surface area contributed by atoms with Gasteiger partial charge in [0, 0.05) is 18.8 Å². The van der Waals surface area contributed by atoms with E-state index in [1.54, 1.807) is 53.7 Å². The second kappa shape index (κ2) is 6.80. The summed E-state index contributed by atoms with van der Waals surface area (Å²) in [5.41, 5.74) is 1.82. The Balaban J connectivity index is 1.36. The molecule has 148 valence electrons. The molecule has 2 aliphatic heterocycles. The molecule has 0 saturated carbocycles. The first-order valence-corrected chi connectivity index (χ1v) is 9.23. The molecular formula is C19H18FN7O2. The van der Waals surface area contributed by atoms with Crippen LogP contribution in [-0.4, -0.2) is 57.0 Å². The first-order chi connectivity index (χ1) is 14.1. The zero-order valence-electron chi connectivity index (χ0n) is 15.7. The third kappa shape index (κ3) is 3.06. The largest absolute Gasteiger partial charge is 0.495 e. The molecule has 10 heteroatoms. The highest BCUT2D eigenvalue weighted by Gasteiger charge is 2.32. The smallest absolute Gasteiger partial charge is 0.262 e. The number of anilines is 2. The van der Waals surface area contributed by atoms with Crippen LogP contribution in [0.2, 0.25) is 0 Å². The summed E-state index contributed by atoms with van der Waals surface area (Å²) in [5, 5.41) is 4.50. The van der Waals surface area contributed by atoms with Crippen LogP contribution < -0.4 is 14.5 Å². The maximum Gasteiger partial charge on any atom is 0.262 e. The van der Waals surface area contributed by atoms with Crippen molar-refractivity contribution in [3.63, 3.8) is 0 Å². The minimum absolute atomic E-state index is 0.156. The molecule has 0 spiro atoms. The molecule has 1 fully saturated rings. The van der Waals surface area contributed by atoms with Gasteiger partial charge in [-0.3, -0.25) is 9.78 Å². The normalized spacial score (nSPS) is 18.4. The minimum atomic E-state index is -0.820. The van der Waals surface area contributed by atoms with E-state index < -0.39 is 6.17 Å². The van der Waals surface area contributed by atoms with Gasteiger partial charge in [-0.1, -0.05) is 0 Å². The van der Waals surface area contributed by atoms with E-state index in [2.05, 4.69) is 20.1 Å². The molecular weight excluding hydrogens is 377 g/mol. The molecule has 1 amide bonds. The molecule has 3 aromatic rings. The van der Waals surface area contributed by atoms with Crippen molar-refractivity contribution in [3.05, 3.63) is 48.3 Å². The van der Waals surface area contributed by atoms with E-state index in [4.69, 9.17) is 4.74 Å². The fourth-order valence-electron chi connectivity index (χ4n) is 3.59. The summed E-state index contributed by atoms with van der Waals surface area (Å²) < 4.78 is 20.1. The van der Waals surface area contributed by atoms with Crippen molar-refractivity contribution in [1.29, 1.82) is 0 Å². The van der Waals surface area contributed by atoms with Crippen molar-refractivity contribution < 1.29 is 13.9 Å². The van der Waals surface area contributed by atoms with E-state index in [0.29, 0.717) is 60.4 Å². The summed E-state index contributed by atoms with van der Waals surface area (Å²) in [7, 11) is 1.55. The van der Waals surface area contributed by atoms with Gasteiger partial charge < -0.3 is 14.5 Å². The second-order valence-corrected chi connectivity index (χ2v) is 6.97. The Kier molecular flexibility index (Phi) is 4.11. The molecule has 0 aliphatic carbocycles. The molecule has 9 nitrogen and oxygen atoms in total. The van der Waals surface area contributed by atoms with Gasteiger partial charge in [0.05, 0.1) is 61.9 Å². The first-order valence-electron chi connectivity index (χ1n) is 9.23. The van der Waals surface area contributed by atoms with E-state index in [9.17, 15) is 9.18 Å². The molecule has 5 rings (SSSR count). The molecule has 29 heavy (non-hydrogen) atoms. The van der Waals surface area contributed by atoms with Crippen LogP contribution in [0.1, 0.15) is 22.5 Å². The van der Waals surface area contributed by atoms with E-state index >= 15 is 0 Å². The number of methoxy groups -OCH3 is 1. The average Bonchev–Trinajstić information content (AvgIpc) is 3.44. The van der Waals surface area contributed by atoms with Gasteiger partial charge in [0.25, 0.3) is 5.91 Å². The summed E-state index contributed by atoms with van der Waals surface area (Å²) in [6, 6.07) is 1.76. The van der Waals surface area contributed by atoms with Gasteiger partial charge in [-0.05, 0) is 6.42 Å². The van der Waals surface area contributed by atoms with Gasteiger partial charge in [0.1, 0.15) is 17.7 Å². The number of alkyl halides is 1. The van der Waals surface area contributed by atoms with Gasteiger partial charge >= 0.3 is 0 Å². The summed E-state index contributed by atoms with van der Waals surface area (Å²) in [6.07, 6.45) is 7.73. The highest BCUT2D eigenvalue weighted by molar-refractivity contribution is 6.09. The quantitative estimate of drug-likeness (QED) is 0.665. The maximum absolute atomic E-state index is 13.4. The maximum atomic E-state index is 13.4. The van der Waals surface area contributed by atoms with E-state index in [1.807, 2.05) is 4.90 Å². The second-order valence-electron chi connectivity index (χ2n) is 6.97. The topological polar surface area (TPSA) is 89.3 Å². The number of amides is 1. The fraction of sp³-hybridized carbons (Fsp3) is 0.316. The number of ether oxygens (including phenoxy) is 1. The van der Waals surface area contributed by atoms with Crippen molar-refractivity contribution in [2.75, 3.05) is 30.0 Å². The highest BCUT2D eigenvalue weighted by atomic mass is 19.1. The highest BCUT2D eigenvalue weighted by Crippen LogP contribution is 2.29. The standard InChI is InChI=1S/C19H18FN7O2/c1-29-14-4-13(5-21-6-14)26-11-16-15(19(26)28)10-27(24-16)18-8-22-17(7-23-18)25-3-2-12(20)9-25/h4-8,10,12H,2-3,9,11H2,1H3/t12-/m0/s1. The minimum Gasteiger partial charge on any atom is -0.495 e. The number of fused-ring (bicyclic) bond motifs is 1. The summed E-state index contributed by atoms with van der Waals surface area (Å²) in [4.78, 5) is 29.2. The lowest BCUT2D eigenvalue weighted by Crippen LogP contribution is -2.24. The Hall–Kier alpha value is -3.56. The molecule has 5 heterocycles. The van der Waals surface area contributed by atoms with Gasteiger partial charge in [-0.2, -0.15) is 5.10 Å². The Morgan fingerprint density at radius 2 is 2.00 bits per heavy atom. The van der Waals surface area contributed by atoms with Crippen LogP contribution in [0.4, 0.5) is 15.9 Å². The van der Waals surface area contributed by atoms with Crippen molar-refractivity contribution in [3.8, 4) is 11.6 Å². The number of carbonyl (C=O) groups excluding carboxylic acids is 1. The van der Waals surface area contributed by atoms with Crippen LogP contribution in [0, 0.1) is 0 Å². The number of nitrogens with zero attached hydrogens (tertiary/aromatic N) is 7. The lowest BCUT2D eigenvalue weighted by molar-refractivity contribution is 0.0996. The van der Waals surface area contributed by atoms with Gasteiger partial charge in [0.15, 0.2) is 5.82 Å². The molecule has 0 N–H and O–H groups in total. The van der Waals surface area contributed by atoms with Crippen LogP contribution in [0.15, 0.2) is 37.1 Å². The van der Waals surface area contributed by atoms with Crippen LogP contribution in [-0.2, 0) is 6.54 Å². The Morgan fingerprint density at radius 3 is 2.69 bits per heavy atom. The van der Waals surface area contributed by atoms with Crippen molar-refractivity contribution in [1.82, 2.24) is 24.7 Å². The zero-order chi connectivity index (χ0) is 20.0. The monoisotopic (exact) mass is 395 g/mol. The molecule has 0 radical (unpaired) electrons. The van der Waals surface area contributed by atoms with E-state index in [1.165, 1.54) is 0 Å². The number of halogens is 1. The molecule has 1 saturated heterocycles. The predicted octanol–water partition coefficient (Wildman–Crippen LogP) is 1.77.